The summed E-state index contributed by atoms with van der Waals surface area (Å²) >= 11 is 1.51. The third-order valence-corrected chi connectivity index (χ3v) is 3.93. The van der Waals surface area contributed by atoms with Crippen molar-refractivity contribution in [3.05, 3.63) is 0 Å². The largest absolute Gasteiger partial charge is 0.392 e. The third kappa shape index (κ3) is 7.12. The Labute approximate surface area is 103 Å². The topological polar surface area (TPSA) is 49.3 Å². The molecule has 0 saturated heterocycles. The van der Waals surface area contributed by atoms with Gasteiger partial charge in [0.25, 0.3) is 0 Å². The van der Waals surface area contributed by atoms with E-state index in [0.717, 1.165) is 13.0 Å². The van der Waals surface area contributed by atoms with E-state index in [1.807, 2.05) is 13.8 Å². The Morgan fingerprint density at radius 1 is 1.25 bits per heavy atom. The molecular formula is C12H25NO2S. The SMILES string of the molecule is CC(C)CCNC(=O)C(C)SC(C)C(C)O. The first-order chi connectivity index (χ1) is 7.34. The van der Waals surface area contributed by atoms with E-state index in [4.69, 9.17) is 0 Å². The average Bonchev–Trinajstić information content (AvgIpc) is 2.16. The summed E-state index contributed by atoms with van der Waals surface area (Å²) in [7, 11) is 0. The van der Waals surface area contributed by atoms with Gasteiger partial charge in [-0.1, -0.05) is 20.8 Å². The second kappa shape index (κ2) is 7.96. The fourth-order valence-electron chi connectivity index (χ4n) is 1.13. The monoisotopic (exact) mass is 247 g/mol. The molecule has 1 amide bonds. The lowest BCUT2D eigenvalue weighted by atomic mass is 10.1. The molecule has 0 spiro atoms. The van der Waals surface area contributed by atoms with Crippen molar-refractivity contribution < 1.29 is 9.90 Å². The summed E-state index contributed by atoms with van der Waals surface area (Å²) in [5.74, 6) is 0.679. The van der Waals surface area contributed by atoms with Gasteiger partial charge in [-0.15, -0.1) is 11.8 Å². The molecule has 16 heavy (non-hydrogen) atoms. The van der Waals surface area contributed by atoms with Crippen LogP contribution in [0, 0.1) is 5.92 Å². The van der Waals surface area contributed by atoms with Crippen LogP contribution < -0.4 is 5.32 Å². The molecule has 3 nitrogen and oxygen atoms in total. The number of nitrogens with one attached hydrogen (secondary N) is 1. The number of aliphatic hydroxyl groups excluding tert-OH is 1. The van der Waals surface area contributed by atoms with Gasteiger partial charge in [0.1, 0.15) is 0 Å². The van der Waals surface area contributed by atoms with Gasteiger partial charge in [-0.25, -0.2) is 0 Å². The number of rotatable bonds is 7. The molecule has 3 atom stereocenters. The molecule has 0 aliphatic carbocycles. The van der Waals surface area contributed by atoms with Crippen LogP contribution in [0.25, 0.3) is 0 Å². The van der Waals surface area contributed by atoms with E-state index >= 15 is 0 Å². The maximum Gasteiger partial charge on any atom is 0.232 e. The van der Waals surface area contributed by atoms with Gasteiger partial charge in [0.2, 0.25) is 5.91 Å². The molecule has 0 aromatic carbocycles. The van der Waals surface area contributed by atoms with Crippen LogP contribution in [0.2, 0.25) is 0 Å². The molecule has 0 saturated carbocycles. The van der Waals surface area contributed by atoms with E-state index in [0.29, 0.717) is 5.92 Å². The molecule has 0 radical (unpaired) electrons. The van der Waals surface area contributed by atoms with Gasteiger partial charge in [-0.2, -0.15) is 0 Å². The van der Waals surface area contributed by atoms with Crippen LogP contribution in [-0.2, 0) is 4.79 Å². The second-order valence-electron chi connectivity index (χ2n) is 4.70. The Hall–Kier alpha value is -0.220. The molecule has 0 aliphatic heterocycles. The van der Waals surface area contributed by atoms with Crippen LogP contribution in [-0.4, -0.2) is 34.2 Å². The van der Waals surface area contributed by atoms with Crippen LogP contribution >= 0.6 is 11.8 Å². The maximum absolute atomic E-state index is 11.7. The van der Waals surface area contributed by atoms with Gasteiger partial charge in [-0.3, -0.25) is 4.79 Å². The second-order valence-corrected chi connectivity index (χ2v) is 6.42. The fourth-order valence-corrected chi connectivity index (χ4v) is 2.20. The third-order valence-electron chi connectivity index (χ3n) is 2.49. The standard InChI is InChI=1S/C12H25NO2S/c1-8(2)6-7-13-12(15)11(5)16-10(4)9(3)14/h8-11,14H,6-7H2,1-5H3,(H,13,15). The molecule has 0 aliphatic rings. The highest BCUT2D eigenvalue weighted by Crippen LogP contribution is 2.20. The Morgan fingerprint density at radius 3 is 2.25 bits per heavy atom. The van der Waals surface area contributed by atoms with E-state index in [9.17, 15) is 9.90 Å². The highest BCUT2D eigenvalue weighted by Gasteiger charge is 2.19. The first-order valence-electron chi connectivity index (χ1n) is 5.95. The van der Waals surface area contributed by atoms with E-state index in [2.05, 4.69) is 19.2 Å². The van der Waals surface area contributed by atoms with E-state index in [1.54, 1.807) is 6.92 Å². The van der Waals surface area contributed by atoms with Crippen molar-refractivity contribution in [1.82, 2.24) is 5.32 Å². The van der Waals surface area contributed by atoms with Gasteiger partial charge >= 0.3 is 0 Å². The van der Waals surface area contributed by atoms with Crippen LogP contribution in [0.15, 0.2) is 0 Å². The normalized spacial score (nSPS) is 16.9. The molecular weight excluding hydrogens is 222 g/mol. The lowest BCUT2D eigenvalue weighted by Gasteiger charge is -2.19. The van der Waals surface area contributed by atoms with Gasteiger partial charge in [0.15, 0.2) is 0 Å². The van der Waals surface area contributed by atoms with Crippen molar-refractivity contribution in [1.29, 1.82) is 0 Å². The van der Waals surface area contributed by atoms with Crippen molar-refractivity contribution in [2.75, 3.05) is 6.54 Å². The Balaban J connectivity index is 3.81. The maximum atomic E-state index is 11.7. The molecule has 0 rings (SSSR count). The van der Waals surface area contributed by atoms with Crippen LogP contribution in [0.5, 0.6) is 0 Å². The van der Waals surface area contributed by atoms with Crippen molar-refractivity contribution >= 4 is 17.7 Å². The molecule has 4 heteroatoms. The molecule has 0 heterocycles. The minimum Gasteiger partial charge on any atom is -0.392 e. The van der Waals surface area contributed by atoms with E-state index in [1.165, 1.54) is 11.8 Å². The van der Waals surface area contributed by atoms with Gasteiger partial charge < -0.3 is 10.4 Å². The number of thioether (sulfide) groups is 1. The fraction of sp³-hybridized carbons (Fsp3) is 0.917. The smallest absolute Gasteiger partial charge is 0.232 e. The first kappa shape index (κ1) is 15.8. The zero-order valence-electron chi connectivity index (χ0n) is 11.0. The van der Waals surface area contributed by atoms with Gasteiger partial charge in [-0.05, 0) is 26.2 Å². The first-order valence-corrected chi connectivity index (χ1v) is 6.90. The van der Waals surface area contributed by atoms with Crippen LogP contribution in [0.3, 0.4) is 0 Å². The Bertz CT molecular complexity index is 207. The number of hydrogen-bond donors (Lipinski definition) is 2. The molecule has 0 bridgehead atoms. The minimum absolute atomic E-state index is 0.0677. The summed E-state index contributed by atoms with van der Waals surface area (Å²) in [6, 6.07) is 0. The highest BCUT2D eigenvalue weighted by molar-refractivity contribution is 8.01. The summed E-state index contributed by atoms with van der Waals surface area (Å²) in [6.07, 6.45) is 0.630. The summed E-state index contributed by atoms with van der Waals surface area (Å²) in [5, 5.41) is 12.3. The van der Waals surface area contributed by atoms with Crippen molar-refractivity contribution in [2.45, 2.75) is 57.6 Å². The zero-order chi connectivity index (χ0) is 12.7. The number of hydrogen-bond acceptors (Lipinski definition) is 3. The quantitative estimate of drug-likeness (QED) is 0.724. The summed E-state index contributed by atoms with van der Waals surface area (Å²) in [4.78, 5) is 11.7. The summed E-state index contributed by atoms with van der Waals surface area (Å²) in [6.45, 7) is 10.6. The lowest BCUT2D eigenvalue weighted by Crippen LogP contribution is -2.34. The van der Waals surface area contributed by atoms with Crippen LogP contribution in [0.1, 0.15) is 41.0 Å². The van der Waals surface area contributed by atoms with Crippen molar-refractivity contribution in [3.63, 3.8) is 0 Å². The summed E-state index contributed by atoms with van der Waals surface area (Å²) < 4.78 is 0. The Morgan fingerprint density at radius 2 is 1.81 bits per heavy atom. The number of carbonyl (C=O) groups excluding carboxylic acids is 1. The van der Waals surface area contributed by atoms with Crippen molar-refractivity contribution in [3.8, 4) is 0 Å². The van der Waals surface area contributed by atoms with Crippen LogP contribution in [0.4, 0.5) is 0 Å². The zero-order valence-corrected chi connectivity index (χ0v) is 11.8. The van der Waals surface area contributed by atoms with E-state index < -0.39 is 0 Å². The molecule has 96 valence electrons. The molecule has 3 unspecified atom stereocenters. The number of amides is 1. The highest BCUT2D eigenvalue weighted by atomic mass is 32.2. The molecule has 0 aromatic rings. The molecule has 2 N–H and O–H groups in total. The van der Waals surface area contributed by atoms with Gasteiger partial charge in [0, 0.05) is 11.8 Å². The molecule has 0 aromatic heterocycles. The van der Waals surface area contributed by atoms with Crippen molar-refractivity contribution in [2.24, 2.45) is 5.92 Å². The number of carbonyl (C=O) groups is 1. The minimum atomic E-state index is -0.379. The predicted octanol–water partition coefficient (Wildman–Crippen LogP) is 2.04. The summed E-state index contributed by atoms with van der Waals surface area (Å²) in [5.41, 5.74) is 0. The Kier molecular flexibility index (Phi) is 7.85. The van der Waals surface area contributed by atoms with E-state index in [-0.39, 0.29) is 22.5 Å². The lowest BCUT2D eigenvalue weighted by molar-refractivity contribution is -0.120. The molecule has 0 fully saturated rings. The number of aliphatic hydroxyl groups is 1. The predicted molar refractivity (Wildman–Crippen MR) is 70.7 cm³/mol. The van der Waals surface area contributed by atoms with Gasteiger partial charge in [0.05, 0.1) is 11.4 Å². The average molecular weight is 247 g/mol.